The largest absolute Gasteiger partial charge is 0.468 e. The Bertz CT molecular complexity index is 418. The molecule has 0 heterocycles. The lowest BCUT2D eigenvalue weighted by Crippen LogP contribution is -2.51. The highest BCUT2D eigenvalue weighted by molar-refractivity contribution is 5.79. The molecule has 1 rings (SSSR count). The van der Waals surface area contributed by atoms with E-state index in [9.17, 15) is 9.18 Å². The zero-order chi connectivity index (χ0) is 13.8. The van der Waals surface area contributed by atoms with E-state index >= 15 is 0 Å². The second kappa shape index (κ2) is 5.96. The molecule has 18 heavy (non-hydrogen) atoms. The summed E-state index contributed by atoms with van der Waals surface area (Å²) in [6.07, 6.45) is 0.651. The van der Waals surface area contributed by atoms with Crippen LogP contribution in [0.5, 0.6) is 0 Å². The number of nitrogens with one attached hydrogen (secondary N) is 1. The molecule has 1 atom stereocenters. The maximum atomic E-state index is 13.0. The normalized spacial score (nSPS) is 13.2. The van der Waals surface area contributed by atoms with Gasteiger partial charge in [0.05, 0.1) is 7.11 Å². The molecule has 0 saturated heterocycles. The molecule has 1 aromatic rings. The fourth-order valence-corrected chi connectivity index (χ4v) is 2.00. The first-order chi connectivity index (χ1) is 8.35. The number of ether oxygens (including phenoxy) is 1. The summed E-state index contributed by atoms with van der Waals surface area (Å²) in [5.74, 6) is -0.555. The molecule has 4 heteroatoms. The average Bonchev–Trinajstić information content (AvgIpc) is 2.26. The van der Waals surface area contributed by atoms with Gasteiger partial charge in [-0.15, -0.1) is 0 Å². The summed E-state index contributed by atoms with van der Waals surface area (Å²) >= 11 is 0. The van der Waals surface area contributed by atoms with Crippen LogP contribution in [0.3, 0.4) is 0 Å². The number of carbonyl (C=O) groups is 1. The number of hydrogen-bond donors (Lipinski definition) is 1. The lowest BCUT2D eigenvalue weighted by Gasteiger charge is -2.27. The molecule has 0 saturated carbocycles. The SMILES string of the molecule is COC(=O)C(C)(C)NC(C)Cc1cccc(F)c1. The Balaban J connectivity index is 2.61. The van der Waals surface area contributed by atoms with Crippen LogP contribution in [0.15, 0.2) is 24.3 Å². The minimum Gasteiger partial charge on any atom is -0.468 e. The van der Waals surface area contributed by atoms with Gasteiger partial charge in [0.15, 0.2) is 0 Å². The molecule has 3 nitrogen and oxygen atoms in total. The van der Waals surface area contributed by atoms with Gasteiger partial charge in [-0.25, -0.2) is 4.39 Å². The van der Waals surface area contributed by atoms with Gasteiger partial charge in [0.1, 0.15) is 11.4 Å². The van der Waals surface area contributed by atoms with Crippen molar-refractivity contribution in [3.63, 3.8) is 0 Å². The Morgan fingerprint density at radius 1 is 1.50 bits per heavy atom. The molecule has 0 aromatic heterocycles. The third-order valence-electron chi connectivity index (χ3n) is 2.73. The van der Waals surface area contributed by atoms with Crippen LogP contribution in [-0.2, 0) is 16.0 Å². The molecule has 1 unspecified atom stereocenters. The molecular formula is C14H20FNO2. The molecule has 100 valence electrons. The van der Waals surface area contributed by atoms with Gasteiger partial charge in [-0.05, 0) is 44.9 Å². The molecular weight excluding hydrogens is 233 g/mol. The summed E-state index contributed by atoms with van der Waals surface area (Å²) in [5.41, 5.74) is 0.150. The number of hydrogen-bond acceptors (Lipinski definition) is 3. The van der Waals surface area contributed by atoms with Gasteiger partial charge < -0.3 is 4.74 Å². The first-order valence-corrected chi connectivity index (χ1v) is 5.95. The molecule has 1 aromatic carbocycles. The molecule has 0 amide bonds. The van der Waals surface area contributed by atoms with Crippen molar-refractivity contribution in [2.24, 2.45) is 0 Å². The monoisotopic (exact) mass is 253 g/mol. The second-order valence-corrected chi connectivity index (χ2v) is 5.00. The lowest BCUT2D eigenvalue weighted by molar-refractivity contribution is -0.147. The molecule has 0 bridgehead atoms. The molecule has 1 N–H and O–H groups in total. The van der Waals surface area contributed by atoms with E-state index in [1.165, 1.54) is 19.2 Å². The third kappa shape index (κ3) is 4.11. The van der Waals surface area contributed by atoms with Crippen LogP contribution >= 0.6 is 0 Å². The Morgan fingerprint density at radius 3 is 2.72 bits per heavy atom. The van der Waals surface area contributed by atoms with E-state index in [4.69, 9.17) is 4.74 Å². The Hall–Kier alpha value is -1.42. The number of rotatable bonds is 5. The predicted molar refractivity (Wildman–Crippen MR) is 68.8 cm³/mol. The van der Waals surface area contributed by atoms with Gasteiger partial charge in [0.25, 0.3) is 0 Å². The van der Waals surface area contributed by atoms with E-state index in [0.29, 0.717) is 6.42 Å². The number of halogens is 1. The lowest BCUT2D eigenvalue weighted by atomic mass is 10.0. The second-order valence-electron chi connectivity index (χ2n) is 5.00. The van der Waals surface area contributed by atoms with Crippen LogP contribution in [0, 0.1) is 5.82 Å². The Morgan fingerprint density at radius 2 is 2.17 bits per heavy atom. The average molecular weight is 253 g/mol. The zero-order valence-electron chi connectivity index (χ0n) is 11.3. The van der Waals surface area contributed by atoms with Crippen molar-refractivity contribution in [3.8, 4) is 0 Å². The Labute approximate surface area is 107 Å². The molecule has 0 aliphatic rings. The van der Waals surface area contributed by atoms with E-state index in [2.05, 4.69) is 5.32 Å². The van der Waals surface area contributed by atoms with Gasteiger partial charge in [0.2, 0.25) is 0 Å². The maximum absolute atomic E-state index is 13.0. The van der Waals surface area contributed by atoms with Crippen LogP contribution in [-0.4, -0.2) is 24.7 Å². The number of carbonyl (C=O) groups excluding carboxylic acids is 1. The predicted octanol–water partition coefficient (Wildman–Crippen LogP) is 2.30. The highest BCUT2D eigenvalue weighted by Gasteiger charge is 2.29. The van der Waals surface area contributed by atoms with Crippen LogP contribution < -0.4 is 5.32 Å². The van der Waals surface area contributed by atoms with E-state index in [-0.39, 0.29) is 17.8 Å². The van der Waals surface area contributed by atoms with E-state index < -0.39 is 5.54 Å². The fourth-order valence-electron chi connectivity index (χ4n) is 2.00. The van der Waals surface area contributed by atoms with Crippen molar-refractivity contribution in [1.29, 1.82) is 0 Å². The van der Waals surface area contributed by atoms with Crippen LogP contribution in [0.2, 0.25) is 0 Å². The topological polar surface area (TPSA) is 38.3 Å². The first-order valence-electron chi connectivity index (χ1n) is 5.95. The van der Waals surface area contributed by atoms with Crippen LogP contribution in [0.4, 0.5) is 4.39 Å². The summed E-state index contributed by atoms with van der Waals surface area (Å²) in [6.45, 7) is 5.48. The first kappa shape index (κ1) is 14.6. The molecule has 0 fully saturated rings. The van der Waals surface area contributed by atoms with Crippen molar-refractivity contribution in [1.82, 2.24) is 5.32 Å². The molecule has 0 aliphatic heterocycles. The standard InChI is InChI=1S/C14H20FNO2/c1-10(16-14(2,3)13(17)18-4)8-11-6-5-7-12(15)9-11/h5-7,9-10,16H,8H2,1-4H3. The van der Waals surface area contributed by atoms with E-state index in [1.807, 2.05) is 13.0 Å². The molecule has 0 radical (unpaired) electrons. The van der Waals surface area contributed by atoms with Crippen molar-refractivity contribution < 1.29 is 13.9 Å². The Kier molecular flexibility index (Phi) is 4.84. The summed E-state index contributed by atoms with van der Waals surface area (Å²) in [4.78, 5) is 11.5. The quantitative estimate of drug-likeness (QED) is 0.818. The van der Waals surface area contributed by atoms with Crippen molar-refractivity contribution >= 4 is 5.97 Å². The van der Waals surface area contributed by atoms with Crippen molar-refractivity contribution in [3.05, 3.63) is 35.6 Å². The summed E-state index contributed by atoms with van der Waals surface area (Å²) in [5, 5.41) is 3.18. The molecule has 0 aliphatic carbocycles. The summed E-state index contributed by atoms with van der Waals surface area (Å²) < 4.78 is 17.8. The van der Waals surface area contributed by atoms with Gasteiger partial charge in [-0.2, -0.15) is 0 Å². The van der Waals surface area contributed by atoms with Crippen LogP contribution in [0.1, 0.15) is 26.3 Å². The third-order valence-corrected chi connectivity index (χ3v) is 2.73. The minimum absolute atomic E-state index is 0.0425. The fraction of sp³-hybridized carbons (Fsp3) is 0.500. The van der Waals surface area contributed by atoms with Gasteiger partial charge in [-0.1, -0.05) is 12.1 Å². The number of benzene rings is 1. The number of methoxy groups -OCH3 is 1. The minimum atomic E-state index is -0.749. The maximum Gasteiger partial charge on any atom is 0.325 e. The van der Waals surface area contributed by atoms with E-state index in [1.54, 1.807) is 19.9 Å². The van der Waals surface area contributed by atoms with Gasteiger partial charge in [-0.3, -0.25) is 10.1 Å². The van der Waals surface area contributed by atoms with Gasteiger partial charge in [0, 0.05) is 6.04 Å². The van der Waals surface area contributed by atoms with Crippen LogP contribution in [0.25, 0.3) is 0 Å². The van der Waals surface area contributed by atoms with E-state index in [0.717, 1.165) is 5.56 Å². The highest BCUT2D eigenvalue weighted by Crippen LogP contribution is 2.10. The zero-order valence-corrected chi connectivity index (χ0v) is 11.3. The smallest absolute Gasteiger partial charge is 0.325 e. The highest BCUT2D eigenvalue weighted by atomic mass is 19.1. The van der Waals surface area contributed by atoms with Crippen molar-refractivity contribution in [2.75, 3.05) is 7.11 Å². The summed E-state index contributed by atoms with van der Waals surface area (Å²) in [7, 11) is 1.36. The van der Waals surface area contributed by atoms with Gasteiger partial charge >= 0.3 is 5.97 Å². The summed E-state index contributed by atoms with van der Waals surface area (Å²) in [6, 6.07) is 6.51. The molecule has 0 spiro atoms. The number of esters is 1. The van der Waals surface area contributed by atoms with Crippen molar-refractivity contribution in [2.45, 2.75) is 38.8 Å².